The highest BCUT2D eigenvalue weighted by Crippen LogP contribution is 2.41. The highest BCUT2D eigenvalue weighted by atomic mass is 35.5. The van der Waals surface area contributed by atoms with Gasteiger partial charge in [-0.1, -0.05) is 48.0 Å². The molecule has 0 saturated heterocycles. The SMILES string of the molecule is CNC1c2ccccc2CCC1Sc1ccccc1Cl. The number of thioether (sulfide) groups is 1. The van der Waals surface area contributed by atoms with E-state index in [-0.39, 0.29) is 0 Å². The van der Waals surface area contributed by atoms with Crippen LogP contribution in [-0.2, 0) is 6.42 Å². The summed E-state index contributed by atoms with van der Waals surface area (Å²) in [4.78, 5) is 1.18. The first-order valence-corrected chi connectivity index (χ1v) is 8.21. The van der Waals surface area contributed by atoms with Crippen molar-refractivity contribution in [2.75, 3.05) is 7.05 Å². The molecule has 1 aliphatic carbocycles. The van der Waals surface area contributed by atoms with Crippen LogP contribution in [0.15, 0.2) is 53.4 Å². The van der Waals surface area contributed by atoms with Gasteiger partial charge in [-0.25, -0.2) is 0 Å². The van der Waals surface area contributed by atoms with Gasteiger partial charge in [0.05, 0.1) is 5.02 Å². The van der Waals surface area contributed by atoms with Crippen molar-refractivity contribution in [3.63, 3.8) is 0 Å². The quantitative estimate of drug-likeness (QED) is 0.881. The van der Waals surface area contributed by atoms with Crippen molar-refractivity contribution in [1.82, 2.24) is 5.32 Å². The molecule has 20 heavy (non-hydrogen) atoms. The molecule has 1 N–H and O–H groups in total. The zero-order valence-corrected chi connectivity index (χ0v) is 13.0. The summed E-state index contributed by atoms with van der Waals surface area (Å²) >= 11 is 8.19. The largest absolute Gasteiger partial charge is 0.312 e. The third kappa shape index (κ3) is 2.73. The molecule has 1 aliphatic rings. The van der Waals surface area contributed by atoms with Crippen LogP contribution in [0.25, 0.3) is 0 Å². The van der Waals surface area contributed by atoms with E-state index in [2.05, 4.69) is 41.7 Å². The van der Waals surface area contributed by atoms with Crippen molar-refractivity contribution >= 4 is 23.4 Å². The van der Waals surface area contributed by atoms with Crippen molar-refractivity contribution in [3.05, 3.63) is 64.7 Å². The molecule has 2 atom stereocenters. The number of hydrogen-bond donors (Lipinski definition) is 1. The maximum atomic E-state index is 6.29. The lowest BCUT2D eigenvalue weighted by Crippen LogP contribution is -2.32. The average Bonchev–Trinajstić information content (AvgIpc) is 2.49. The Morgan fingerprint density at radius 1 is 1.10 bits per heavy atom. The molecule has 2 aromatic rings. The number of benzene rings is 2. The fraction of sp³-hybridized carbons (Fsp3) is 0.294. The monoisotopic (exact) mass is 303 g/mol. The molecule has 2 aromatic carbocycles. The Bertz CT molecular complexity index is 599. The van der Waals surface area contributed by atoms with Crippen molar-refractivity contribution in [1.29, 1.82) is 0 Å². The molecular weight excluding hydrogens is 286 g/mol. The van der Waals surface area contributed by atoms with Crippen molar-refractivity contribution in [2.24, 2.45) is 0 Å². The average molecular weight is 304 g/mol. The van der Waals surface area contributed by atoms with Crippen LogP contribution in [0.1, 0.15) is 23.6 Å². The predicted molar refractivity (Wildman–Crippen MR) is 87.7 cm³/mol. The van der Waals surface area contributed by atoms with Crippen LogP contribution in [0.3, 0.4) is 0 Å². The van der Waals surface area contributed by atoms with E-state index < -0.39 is 0 Å². The van der Waals surface area contributed by atoms with E-state index in [4.69, 9.17) is 11.6 Å². The van der Waals surface area contributed by atoms with Crippen LogP contribution in [0.4, 0.5) is 0 Å². The van der Waals surface area contributed by atoms with Gasteiger partial charge in [-0.3, -0.25) is 0 Å². The summed E-state index contributed by atoms with van der Waals surface area (Å²) in [6.45, 7) is 0. The zero-order valence-electron chi connectivity index (χ0n) is 11.5. The molecule has 0 bridgehead atoms. The van der Waals surface area contributed by atoms with E-state index in [1.54, 1.807) is 0 Å². The van der Waals surface area contributed by atoms with E-state index in [1.165, 1.54) is 22.4 Å². The molecule has 0 aromatic heterocycles. The molecule has 0 fully saturated rings. The second-order valence-corrected chi connectivity index (χ2v) is 6.78. The first kappa shape index (κ1) is 14.0. The van der Waals surface area contributed by atoms with Gasteiger partial charge in [-0.2, -0.15) is 0 Å². The lowest BCUT2D eigenvalue weighted by Gasteiger charge is -2.33. The Morgan fingerprint density at radius 2 is 1.85 bits per heavy atom. The molecule has 0 spiro atoms. The molecule has 3 heteroatoms. The highest BCUT2D eigenvalue weighted by Gasteiger charge is 2.29. The number of fused-ring (bicyclic) bond motifs is 1. The van der Waals surface area contributed by atoms with Crippen LogP contribution in [0, 0.1) is 0 Å². The Hall–Kier alpha value is -0.960. The lowest BCUT2D eigenvalue weighted by molar-refractivity contribution is 0.510. The third-order valence-electron chi connectivity index (χ3n) is 3.89. The number of rotatable bonds is 3. The smallest absolute Gasteiger partial charge is 0.0541 e. The Balaban J connectivity index is 1.87. The van der Waals surface area contributed by atoms with Crippen LogP contribution in [0.2, 0.25) is 5.02 Å². The van der Waals surface area contributed by atoms with Crippen LogP contribution in [0.5, 0.6) is 0 Å². The van der Waals surface area contributed by atoms with Gasteiger partial charge in [0.15, 0.2) is 0 Å². The molecule has 1 nitrogen and oxygen atoms in total. The van der Waals surface area contributed by atoms with Crippen LogP contribution < -0.4 is 5.32 Å². The van der Waals surface area contributed by atoms with E-state index in [9.17, 15) is 0 Å². The Morgan fingerprint density at radius 3 is 2.65 bits per heavy atom. The van der Waals surface area contributed by atoms with E-state index in [0.29, 0.717) is 11.3 Å². The third-order valence-corrected chi connectivity index (χ3v) is 5.75. The van der Waals surface area contributed by atoms with Gasteiger partial charge >= 0.3 is 0 Å². The minimum Gasteiger partial charge on any atom is -0.312 e. The van der Waals surface area contributed by atoms with Crippen molar-refractivity contribution in [3.8, 4) is 0 Å². The summed E-state index contributed by atoms with van der Waals surface area (Å²) in [5.41, 5.74) is 2.91. The Labute approximate surface area is 129 Å². The van der Waals surface area contributed by atoms with Gasteiger partial charge in [-0.15, -0.1) is 11.8 Å². The summed E-state index contributed by atoms with van der Waals surface area (Å²) < 4.78 is 0. The first-order chi connectivity index (χ1) is 9.79. The fourth-order valence-electron chi connectivity index (χ4n) is 2.90. The maximum absolute atomic E-state index is 6.29. The second-order valence-electron chi connectivity index (χ2n) is 5.09. The molecule has 0 aliphatic heterocycles. The summed E-state index contributed by atoms with van der Waals surface area (Å²) in [5, 5.41) is 4.86. The highest BCUT2D eigenvalue weighted by molar-refractivity contribution is 8.00. The normalized spacial score (nSPS) is 21.5. The second kappa shape index (κ2) is 6.21. The summed E-state index contributed by atoms with van der Waals surface area (Å²) in [7, 11) is 2.05. The van der Waals surface area contributed by atoms with Gasteiger partial charge in [0.25, 0.3) is 0 Å². The molecular formula is C17H18ClNS. The zero-order chi connectivity index (χ0) is 13.9. The van der Waals surface area contributed by atoms with Gasteiger partial charge in [0, 0.05) is 16.2 Å². The van der Waals surface area contributed by atoms with E-state index in [1.807, 2.05) is 30.9 Å². The number of nitrogens with one attached hydrogen (secondary N) is 1. The van der Waals surface area contributed by atoms with Gasteiger partial charge < -0.3 is 5.32 Å². The molecule has 0 radical (unpaired) electrons. The minimum absolute atomic E-state index is 0.390. The van der Waals surface area contributed by atoms with Crippen LogP contribution >= 0.6 is 23.4 Å². The van der Waals surface area contributed by atoms with E-state index >= 15 is 0 Å². The Kier molecular flexibility index (Phi) is 4.35. The minimum atomic E-state index is 0.390. The summed E-state index contributed by atoms with van der Waals surface area (Å²) in [6.07, 6.45) is 2.33. The summed E-state index contributed by atoms with van der Waals surface area (Å²) in [6, 6.07) is 17.3. The molecule has 2 unspecified atom stereocenters. The van der Waals surface area contributed by atoms with Crippen molar-refractivity contribution < 1.29 is 0 Å². The van der Waals surface area contributed by atoms with Gasteiger partial charge in [0.2, 0.25) is 0 Å². The van der Waals surface area contributed by atoms with E-state index in [0.717, 1.165) is 11.4 Å². The number of hydrogen-bond acceptors (Lipinski definition) is 2. The molecule has 0 saturated carbocycles. The number of aryl methyl sites for hydroxylation is 1. The number of halogens is 1. The maximum Gasteiger partial charge on any atom is 0.0541 e. The van der Waals surface area contributed by atoms with Crippen molar-refractivity contribution in [2.45, 2.75) is 29.0 Å². The lowest BCUT2D eigenvalue weighted by atomic mass is 9.87. The topological polar surface area (TPSA) is 12.0 Å². The molecule has 0 heterocycles. The van der Waals surface area contributed by atoms with Crippen LogP contribution in [-0.4, -0.2) is 12.3 Å². The standard InChI is InChI=1S/C17H18ClNS/c1-19-17-13-7-3-2-6-12(13)10-11-16(17)20-15-9-5-4-8-14(15)18/h2-9,16-17,19H,10-11H2,1H3. The molecule has 104 valence electrons. The molecule has 3 rings (SSSR count). The predicted octanol–water partition coefficient (Wildman–Crippen LogP) is 4.71. The van der Waals surface area contributed by atoms with Gasteiger partial charge in [-0.05, 0) is 43.1 Å². The van der Waals surface area contributed by atoms with Gasteiger partial charge in [0.1, 0.15) is 0 Å². The first-order valence-electron chi connectivity index (χ1n) is 6.96. The molecule has 0 amide bonds. The fourth-order valence-corrected chi connectivity index (χ4v) is 4.49. The summed E-state index contributed by atoms with van der Waals surface area (Å²) in [5.74, 6) is 0.